The largest absolute Gasteiger partial charge is 0.369 e. The third-order valence-electron chi connectivity index (χ3n) is 4.24. The number of hydrogen-bond donors (Lipinski definition) is 0. The Labute approximate surface area is 144 Å². The Morgan fingerprint density at radius 3 is 3.00 bits per heavy atom. The lowest BCUT2D eigenvalue weighted by molar-refractivity contribution is -0.0349. The molecule has 0 saturated carbocycles. The van der Waals surface area contributed by atoms with Gasteiger partial charge in [-0.3, -0.25) is 9.58 Å². The highest BCUT2D eigenvalue weighted by Gasteiger charge is 2.23. The molecule has 3 rings (SSSR count). The molecule has 2 aromatic rings. The number of anilines is 1. The SMILES string of the molecule is CCCn1cc(CN2CCO[C@H](c3cccc(N(C)C)n3)C2)cn1. The first-order valence-corrected chi connectivity index (χ1v) is 8.65. The molecule has 1 aliphatic heterocycles. The van der Waals surface area contributed by atoms with Gasteiger partial charge in [0.05, 0.1) is 18.5 Å². The molecule has 1 atom stereocenters. The van der Waals surface area contributed by atoms with Crippen LogP contribution in [0.15, 0.2) is 30.6 Å². The Morgan fingerprint density at radius 2 is 2.21 bits per heavy atom. The molecule has 0 bridgehead atoms. The summed E-state index contributed by atoms with van der Waals surface area (Å²) in [5.41, 5.74) is 2.27. The van der Waals surface area contributed by atoms with E-state index in [1.807, 2.05) is 35.9 Å². The summed E-state index contributed by atoms with van der Waals surface area (Å²) >= 11 is 0. The van der Waals surface area contributed by atoms with Crippen molar-refractivity contribution < 1.29 is 4.74 Å². The number of pyridine rings is 1. The zero-order valence-corrected chi connectivity index (χ0v) is 14.9. The van der Waals surface area contributed by atoms with Gasteiger partial charge in [-0.05, 0) is 18.6 Å². The van der Waals surface area contributed by atoms with Gasteiger partial charge in [-0.1, -0.05) is 13.0 Å². The van der Waals surface area contributed by atoms with Gasteiger partial charge in [-0.2, -0.15) is 5.10 Å². The fourth-order valence-electron chi connectivity index (χ4n) is 2.99. The molecule has 6 nitrogen and oxygen atoms in total. The van der Waals surface area contributed by atoms with Gasteiger partial charge < -0.3 is 9.64 Å². The van der Waals surface area contributed by atoms with Crippen molar-refractivity contribution in [3.05, 3.63) is 41.9 Å². The fraction of sp³-hybridized carbons (Fsp3) is 0.556. The number of aryl methyl sites for hydroxylation is 1. The predicted octanol–water partition coefficient (Wildman–Crippen LogP) is 2.33. The Balaban J connectivity index is 1.64. The molecule has 1 aliphatic rings. The second kappa shape index (κ2) is 7.77. The lowest BCUT2D eigenvalue weighted by Crippen LogP contribution is -2.38. The maximum absolute atomic E-state index is 5.97. The lowest BCUT2D eigenvalue weighted by atomic mass is 10.1. The Bertz CT molecular complexity index is 654. The van der Waals surface area contributed by atoms with Crippen LogP contribution in [0.1, 0.15) is 30.7 Å². The standard InChI is InChI=1S/C18H27N5O/c1-4-8-23-13-15(11-19-23)12-22-9-10-24-17(14-22)16-6-5-7-18(20-16)21(2)3/h5-7,11,13,17H,4,8-10,12,14H2,1-3H3/t17-/m0/s1. The first kappa shape index (κ1) is 16.9. The summed E-state index contributed by atoms with van der Waals surface area (Å²) in [6.07, 6.45) is 5.27. The molecule has 2 aromatic heterocycles. The average Bonchev–Trinajstić information content (AvgIpc) is 3.02. The smallest absolute Gasteiger partial charge is 0.128 e. The minimum absolute atomic E-state index is 0.0318. The number of hydrogen-bond acceptors (Lipinski definition) is 5. The van der Waals surface area contributed by atoms with Crippen LogP contribution in [0.2, 0.25) is 0 Å². The second-order valence-corrected chi connectivity index (χ2v) is 6.52. The van der Waals surface area contributed by atoms with Crippen LogP contribution >= 0.6 is 0 Å². The highest BCUT2D eigenvalue weighted by Crippen LogP contribution is 2.23. The van der Waals surface area contributed by atoms with Gasteiger partial charge in [0, 0.05) is 52.0 Å². The molecule has 3 heterocycles. The molecule has 24 heavy (non-hydrogen) atoms. The second-order valence-electron chi connectivity index (χ2n) is 6.52. The number of rotatable bonds is 6. The average molecular weight is 329 g/mol. The quantitative estimate of drug-likeness (QED) is 0.814. The summed E-state index contributed by atoms with van der Waals surface area (Å²) in [5, 5.41) is 4.42. The maximum atomic E-state index is 5.97. The zero-order valence-electron chi connectivity index (χ0n) is 14.9. The summed E-state index contributed by atoms with van der Waals surface area (Å²) in [6.45, 7) is 6.61. The van der Waals surface area contributed by atoms with E-state index >= 15 is 0 Å². The molecule has 1 fully saturated rings. The third-order valence-corrected chi connectivity index (χ3v) is 4.24. The fourth-order valence-corrected chi connectivity index (χ4v) is 2.99. The Hall–Kier alpha value is -1.92. The molecule has 0 radical (unpaired) electrons. The topological polar surface area (TPSA) is 46.4 Å². The van der Waals surface area contributed by atoms with E-state index in [1.165, 1.54) is 5.56 Å². The van der Waals surface area contributed by atoms with E-state index in [1.54, 1.807) is 0 Å². The van der Waals surface area contributed by atoms with Crippen LogP contribution in [0.4, 0.5) is 5.82 Å². The van der Waals surface area contributed by atoms with Gasteiger partial charge in [0.25, 0.3) is 0 Å². The van der Waals surface area contributed by atoms with Crippen molar-refractivity contribution in [2.24, 2.45) is 0 Å². The van der Waals surface area contributed by atoms with Crippen LogP contribution < -0.4 is 4.90 Å². The van der Waals surface area contributed by atoms with Crippen LogP contribution in [-0.4, -0.2) is 53.5 Å². The summed E-state index contributed by atoms with van der Waals surface area (Å²) in [7, 11) is 4.02. The highest BCUT2D eigenvalue weighted by molar-refractivity contribution is 5.37. The zero-order chi connectivity index (χ0) is 16.9. The molecular weight excluding hydrogens is 302 g/mol. The van der Waals surface area contributed by atoms with Gasteiger partial charge >= 0.3 is 0 Å². The van der Waals surface area contributed by atoms with Crippen LogP contribution in [0.25, 0.3) is 0 Å². The number of nitrogens with zero attached hydrogens (tertiary/aromatic N) is 5. The number of aromatic nitrogens is 3. The molecule has 0 aliphatic carbocycles. The normalized spacial score (nSPS) is 18.7. The molecule has 0 N–H and O–H groups in total. The van der Waals surface area contributed by atoms with E-state index in [9.17, 15) is 0 Å². The van der Waals surface area contributed by atoms with Crippen molar-refractivity contribution in [2.75, 3.05) is 38.7 Å². The van der Waals surface area contributed by atoms with Crippen molar-refractivity contribution >= 4 is 5.82 Å². The van der Waals surface area contributed by atoms with Crippen molar-refractivity contribution in [1.82, 2.24) is 19.7 Å². The molecule has 0 unspecified atom stereocenters. The van der Waals surface area contributed by atoms with Crippen LogP contribution in [0.3, 0.4) is 0 Å². The molecule has 0 spiro atoms. The van der Waals surface area contributed by atoms with E-state index in [4.69, 9.17) is 9.72 Å². The molecule has 1 saturated heterocycles. The molecular formula is C18H27N5O. The number of morpholine rings is 1. The monoisotopic (exact) mass is 329 g/mol. The number of ether oxygens (including phenoxy) is 1. The van der Waals surface area contributed by atoms with Crippen LogP contribution in [0.5, 0.6) is 0 Å². The van der Waals surface area contributed by atoms with Gasteiger partial charge in [-0.25, -0.2) is 4.98 Å². The Kier molecular flexibility index (Phi) is 5.48. The van der Waals surface area contributed by atoms with Crippen molar-refractivity contribution in [2.45, 2.75) is 32.5 Å². The van der Waals surface area contributed by atoms with Crippen molar-refractivity contribution in [3.63, 3.8) is 0 Å². The summed E-state index contributed by atoms with van der Waals surface area (Å²) in [4.78, 5) is 9.17. The highest BCUT2D eigenvalue weighted by atomic mass is 16.5. The molecule has 0 aromatic carbocycles. The van der Waals surface area contributed by atoms with Crippen LogP contribution in [0, 0.1) is 0 Å². The first-order valence-electron chi connectivity index (χ1n) is 8.65. The summed E-state index contributed by atoms with van der Waals surface area (Å²) < 4.78 is 7.99. The molecule has 6 heteroatoms. The predicted molar refractivity (Wildman–Crippen MR) is 95.1 cm³/mol. The molecule has 0 amide bonds. The summed E-state index contributed by atoms with van der Waals surface area (Å²) in [6, 6.07) is 6.13. The van der Waals surface area contributed by atoms with E-state index in [2.05, 4.69) is 35.3 Å². The lowest BCUT2D eigenvalue weighted by Gasteiger charge is -2.32. The van der Waals surface area contributed by atoms with Gasteiger partial charge in [0.15, 0.2) is 0 Å². The van der Waals surface area contributed by atoms with Crippen molar-refractivity contribution in [3.8, 4) is 0 Å². The van der Waals surface area contributed by atoms with E-state index in [-0.39, 0.29) is 6.10 Å². The van der Waals surface area contributed by atoms with Gasteiger partial charge in [-0.15, -0.1) is 0 Å². The molecule has 130 valence electrons. The first-order chi connectivity index (χ1) is 11.7. The van der Waals surface area contributed by atoms with Gasteiger partial charge in [0.2, 0.25) is 0 Å². The van der Waals surface area contributed by atoms with E-state index < -0.39 is 0 Å². The maximum Gasteiger partial charge on any atom is 0.128 e. The van der Waals surface area contributed by atoms with E-state index in [0.717, 1.165) is 50.7 Å². The minimum atomic E-state index is 0.0318. The third kappa shape index (κ3) is 4.13. The Morgan fingerprint density at radius 1 is 1.33 bits per heavy atom. The van der Waals surface area contributed by atoms with Crippen molar-refractivity contribution in [1.29, 1.82) is 0 Å². The minimum Gasteiger partial charge on any atom is -0.369 e. The van der Waals surface area contributed by atoms with Gasteiger partial charge in [0.1, 0.15) is 11.9 Å². The van der Waals surface area contributed by atoms with Crippen LogP contribution in [-0.2, 0) is 17.8 Å². The van der Waals surface area contributed by atoms with E-state index in [0.29, 0.717) is 0 Å². The summed E-state index contributed by atoms with van der Waals surface area (Å²) in [5.74, 6) is 0.967.